The van der Waals surface area contributed by atoms with Gasteiger partial charge in [-0.05, 0) is 31.9 Å². The molecule has 26 heavy (non-hydrogen) atoms. The number of carbonyl (C=O) groups is 1. The summed E-state index contributed by atoms with van der Waals surface area (Å²) in [6, 6.07) is 7.23. The SMILES string of the molecule is CCOc1ccccc1NC(=O)CCNc1c(N2CCCC2)c(=O)c1=O. The molecule has 7 heteroatoms. The lowest BCUT2D eigenvalue weighted by atomic mass is 10.1. The highest BCUT2D eigenvalue weighted by Crippen LogP contribution is 2.25. The largest absolute Gasteiger partial charge is 0.492 e. The normalized spacial score (nSPS) is 13.8. The van der Waals surface area contributed by atoms with Crippen LogP contribution in [0, 0.1) is 0 Å². The van der Waals surface area contributed by atoms with E-state index in [9.17, 15) is 14.4 Å². The van der Waals surface area contributed by atoms with Gasteiger partial charge in [-0.15, -0.1) is 0 Å². The first kappa shape index (κ1) is 18.0. The predicted molar refractivity (Wildman–Crippen MR) is 102 cm³/mol. The Morgan fingerprint density at radius 2 is 1.88 bits per heavy atom. The summed E-state index contributed by atoms with van der Waals surface area (Å²) < 4.78 is 5.48. The maximum Gasteiger partial charge on any atom is 0.253 e. The van der Waals surface area contributed by atoms with Gasteiger partial charge in [0.25, 0.3) is 10.9 Å². The van der Waals surface area contributed by atoms with Crippen LogP contribution in [0.5, 0.6) is 5.75 Å². The van der Waals surface area contributed by atoms with Crippen LogP contribution in [0.2, 0.25) is 0 Å². The molecule has 2 aromatic carbocycles. The molecule has 1 heterocycles. The summed E-state index contributed by atoms with van der Waals surface area (Å²) in [5.74, 6) is 0.432. The lowest BCUT2D eigenvalue weighted by Gasteiger charge is -2.22. The van der Waals surface area contributed by atoms with Gasteiger partial charge in [-0.1, -0.05) is 12.1 Å². The third kappa shape index (κ3) is 3.71. The molecular weight excluding hydrogens is 334 g/mol. The summed E-state index contributed by atoms with van der Waals surface area (Å²) in [6.07, 6.45) is 2.23. The van der Waals surface area contributed by atoms with Gasteiger partial charge in [-0.2, -0.15) is 0 Å². The lowest BCUT2D eigenvalue weighted by molar-refractivity contribution is -0.116. The fourth-order valence-corrected chi connectivity index (χ4v) is 3.15. The Labute approximate surface area is 151 Å². The van der Waals surface area contributed by atoms with E-state index < -0.39 is 10.9 Å². The van der Waals surface area contributed by atoms with Crippen molar-refractivity contribution in [2.75, 3.05) is 41.8 Å². The molecule has 1 amide bonds. The van der Waals surface area contributed by atoms with Crippen molar-refractivity contribution in [1.29, 1.82) is 0 Å². The van der Waals surface area contributed by atoms with Crippen molar-refractivity contribution in [3.05, 3.63) is 44.7 Å². The second-order valence-electron chi connectivity index (χ2n) is 6.23. The number of para-hydroxylation sites is 2. The van der Waals surface area contributed by atoms with Crippen LogP contribution >= 0.6 is 0 Å². The summed E-state index contributed by atoms with van der Waals surface area (Å²) >= 11 is 0. The van der Waals surface area contributed by atoms with E-state index in [1.165, 1.54) is 0 Å². The van der Waals surface area contributed by atoms with Crippen LogP contribution in [0.25, 0.3) is 0 Å². The molecule has 1 fully saturated rings. The van der Waals surface area contributed by atoms with E-state index in [1.54, 1.807) is 12.1 Å². The maximum atomic E-state index is 12.2. The zero-order valence-electron chi connectivity index (χ0n) is 14.8. The lowest BCUT2D eigenvalue weighted by Crippen LogP contribution is -2.42. The van der Waals surface area contributed by atoms with Gasteiger partial charge in [0, 0.05) is 26.1 Å². The van der Waals surface area contributed by atoms with Crippen molar-refractivity contribution in [3.63, 3.8) is 0 Å². The van der Waals surface area contributed by atoms with Gasteiger partial charge in [-0.25, -0.2) is 0 Å². The predicted octanol–water partition coefficient (Wildman–Crippen LogP) is 1.72. The van der Waals surface area contributed by atoms with Crippen molar-refractivity contribution < 1.29 is 9.53 Å². The summed E-state index contributed by atoms with van der Waals surface area (Å²) in [6.45, 7) is 4.28. The monoisotopic (exact) mass is 357 g/mol. The summed E-state index contributed by atoms with van der Waals surface area (Å²) in [5, 5.41) is 5.77. The minimum Gasteiger partial charge on any atom is -0.492 e. The van der Waals surface area contributed by atoms with Gasteiger partial charge in [0.2, 0.25) is 5.91 Å². The minimum absolute atomic E-state index is 0.179. The van der Waals surface area contributed by atoms with E-state index in [0.29, 0.717) is 29.4 Å². The zero-order chi connectivity index (χ0) is 18.5. The molecule has 2 aromatic rings. The molecule has 0 radical (unpaired) electrons. The minimum atomic E-state index is -0.492. The van der Waals surface area contributed by atoms with Gasteiger partial charge in [-0.3, -0.25) is 14.4 Å². The zero-order valence-corrected chi connectivity index (χ0v) is 14.8. The first-order chi connectivity index (χ1) is 12.6. The molecule has 0 atom stereocenters. The van der Waals surface area contributed by atoms with Crippen LogP contribution in [0.15, 0.2) is 33.9 Å². The van der Waals surface area contributed by atoms with Crippen LogP contribution in [0.1, 0.15) is 26.2 Å². The molecule has 0 spiro atoms. The number of amides is 1. The van der Waals surface area contributed by atoms with E-state index in [1.807, 2.05) is 24.0 Å². The van der Waals surface area contributed by atoms with Crippen LogP contribution in [0.4, 0.5) is 17.1 Å². The van der Waals surface area contributed by atoms with E-state index in [2.05, 4.69) is 10.6 Å². The molecule has 1 aliphatic rings. The Bertz CT molecular complexity index is 849. The van der Waals surface area contributed by atoms with Crippen LogP contribution < -0.4 is 31.1 Å². The fraction of sp³-hybridized carbons (Fsp3) is 0.421. The number of anilines is 3. The Balaban J connectivity index is 1.54. The Hall–Kier alpha value is -2.83. The second kappa shape index (κ2) is 8.03. The smallest absolute Gasteiger partial charge is 0.253 e. The van der Waals surface area contributed by atoms with Gasteiger partial charge < -0.3 is 20.3 Å². The van der Waals surface area contributed by atoms with Gasteiger partial charge >= 0.3 is 0 Å². The molecule has 138 valence electrons. The van der Waals surface area contributed by atoms with Crippen LogP contribution in [-0.2, 0) is 4.79 Å². The van der Waals surface area contributed by atoms with E-state index in [0.717, 1.165) is 25.9 Å². The first-order valence-electron chi connectivity index (χ1n) is 8.95. The number of nitrogens with zero attached hydrogens (tertiary/aromatic N) is 1. The van der Waals surface area contributed by atoms with Crippen molar-refractivity contribution in [1.82, 2.24) is 0 Å². The number of ether oxygens (including phenoxy) is 1. The topological polar surface area (TPSA) is 87.7 Å². The van der Waals surface area contributed by atoms with E-state index in [4.69, 9.17) is 4.74 Å². The Morgan fingerprint density at radius 1 is 1.15 bits per heavy atom. The molecule has 0 bridgehead atoms. The number of rotatable bonds is 8. The van der Waals surface area contributed by atoms with E-state index >= 15 is 0 Å². The first-order valence-corrected chi connectivity index (χ1v) is 8.95. The number of carbonyl (C=O) groups excluding carboxylic acids is 1. The molecular formula is C19H23N3O4. The van der Waals surface area contributed by atoms with Crippen molar-refractivity contribution >= 4 is 23.0 Å². The molecule has 3 rings (SSSR count). The quantitative estimate of drug-likeness (QED) is 0.700. The molecule has 0 unspecified atom stereocenters. The van der Waals surface area contributed by atoms with E-state index in [-0.39, 0.29) is 18.9 Å². The fourth-order valence-electron chi connectivity index (χ4n) is 3.15. The molecule has 0 saturated carbocycles. The molecule has 7 nitrogen and oxygen atoms in total. The van der Waals surface area contributed by atoms with Gasteiger partial charge in [0.15, 0.2) is 0 Å². The molecule has 1 aliphatic heterocycles. The number of nitrogens with one attached hydrogen (secondary N) is 2. The van der Waals surface area contributed by atoms with Gasteiger partial charge in [0.05, 0.1) is 12.3 Å². The second-order valence-corrected chi connectivity index (χ2v) is 6.23. The summed E-state index contributed by atoms with van der Waals surface area (Å²) in [7, 11) is 0. The molecule has 1 saturated heterocycles. The summed E-state index contributed by atoms with van der Waals surface area (Å²) in [5.41, 5.74) is 0.527. The van der Waals surface area contributed by atoms with Crippen molar-refractivity contribution in [2.24, 2.45) is 0 Å². The van der Waals surface area contributed by atoms with Crippen molar-refractivity contribution in [2.45, 2.75) is 26.2 Å². The molecule has 0 aliphatic carbocycles. The summed E-state index contributed by atoms with van der Waals surface area (Å²) in [4.78, 5) is 37.7. The van der Waals surface area contributed by atoms with Gasteiger partial charge in [0.1, 0.15) is 17.1 Å². The third-order valence-electron chi connectivity index (χ3n) is 4.42. The number of hydrogen-bond donors (Lipinski definition) is 2. The number of benzene rings is 1. The molecule has 0 aromatic heterocycles. The van der Waals surface area contributed by atoms with Crippen LogP contribution in [0.3, 0.4) is 0 Å². The Kier molecular flexibility index (Phi) is 5.55. The highest BCUT2D eigenvalue weighted by atomic mass is 16.5. The third-order valence-corrected chi connectivity index (χ3v) is 4.42. The van der Waals surface area contributed by atoms with Crippen molar-refractivity contribution in [3.8, 4) is 5.75 Å². The number of hydrogen-bond acceptors (Lipinski definition) is 6. The average molecular weight is 357 g/mol. The maximum absolute atomic E-state index is 12.2. The standard InChI is InChI=1S/C19H23N3O4/c1-2-26-14-8-4-3-7-13(14)21-15(23)9-10-20-16-17(19(25)18(16)24)22-11-5-6-12-22/h3-4,7-8,20H,2,5-6,9-12H2,1H3,(H,21,23). The highest BCUT2D eigenvalue weighted by molar-refractivity contribution is 5.92. The van der Waals surface area contributed by atoms with Crippen LogP contribution in [-0.4, -0.2) is 32.1 Å². The molecule has 2 N–H and O–H groups in total. The Morgan fingerprint density at radius 3 is 2.62 bits per heavy atom. The average Bonchev–Trinajstić information content (AvgIpc) is 3.16. The highest BCUT2D eigenvalue weighted by Gasteiger charge is 2.27.